The minimum atomic E-state index is -0.533. The molecule has 102 valence electrons. The molecule has 0 aliphatic carbocycles. The molecule has 2 heterocycles. The first-order chi connectivity index (χ1) is 8.58. The Morgan fingerprint density at radius 1 is 1.56 bits per heavy atom. The third kappa shape index (κ3) is 3.07. The van der Waals surface area contributed by atoms with Gasteiger partial charge in [-0.05, 0) is 20.9 Å². The highest BCUT2D eigenvalue weighted by Crippen LogP contribution is 2.13. The monoisotopic (exact) mass is 254 g/mol. The molecule has 0 radical (unpaired) electrons. The summed E-state index contributed by atoms with van der Waals surface area (Å²) in [5.74, 6) is 0.814. The molecule has 6 nitrogen and oxygen atoms in total. The van der Waals surface area contributed by atoms with Crippen LogP contribution in [0.15, 0.2) is 6.33 Å². The molecule has 0 spiro atoms. The number of likely N-dealkylation sites (N-methyl/N-ethyl adjacent to an activating group) is 1. The third-order valence-corrected chi connectivity index (χ3v) is 3.25. The Bertz CT molecular complexity index is 380. The first kappa shape index (κ1) is 13.5. The third-order valence-electron chi connectivity index (χ3n) is 3.25. The molecule has 18 heavy (non-hydrogen) atoms. The SMILES string of the molecule is CC(C)n1ncnc1CC(O)C1CN(C)CCO1. The van der Waals surface area contributed by atoms with Gasteiger partial charge < -0.3 is 14.7 Å². The van der Waals surface area contributed by atoms with E-state index in [-0.39, 0.29) is 12.1 Å². The molecule has 0 aromatic carbocycles. The molecule has 1 N–H and O–H groups in total. The van der Waals surface area contributed by atoms with E-state index in [0.717, 1.165) is 18.9 Å². The lowest BCUT2D eigenvalue weighted by atomic mass is 10.1. The zero-order chi connectivity index (χ0) is 13.1. The lowest BCUT2D eigenvalue weighted by Crippen LogP contribution is -2.46. The van der Waals surface area contributed by atoms with Crippen LogP contribution in [0.2, 0.25) is 0 Å². The molecule has 1 fully saturated rings. The van der Waals surface area contributed by atoms with Gasteiger partial charge in [0, 0.05) is 25.6 Å². The number of rotatable bonds is 4. The molecule has 0 bridgehead atoms. The molecule has 1 aliphatic rings. The molecule has 2 atom stereocenters. The molecule has 1 aromatic rings. The van der Waals surface area contributed by atoms with Gasteiger partial charge in [-0.2, -0.15) is 5.10 Å². The van der Waals surface area contributed by atoms with Crippen molar-refractivity contribution in [3.63, 3.8) is 0 Å². The van der Waals surface area contributed by atoms with E-state index in [0.29, 0.717) is 13.0 Å². The van der Waals surface area contributed by atoms with Crippen LogP contribution in [0.1, 0.15) is 25.7 Å². The first-order valence-corrected chi connectivity index (χ1v) is 6.44. The Morgan fingerprint density at radius 3 is 3.00 bits per heavy atom. The van der Waals surface area contributed by atoms with Gasteiger partial charge in [0.25, 0.3) is 0 Å². The molecule has 1 aromatic heterocycles. The molecule has 1 aliphatic heterocycles. The molecule has 2 rings (SSSR count). The number of aliphatic hydroxyl groups excluding tert-OH is 1. The number of hydrogen-bond acceptors (Lipinski definition) is 5. The molecule has 0 saturated carbocycles. The second-order valence-electron chi connectivity index (χ2n) is 5.16. The zero-order valence-corrected chi connectivity index (χ0v) is 11.3. The second kappa shape index (κ2) is 5.77. The summed E-state index contributed by atoms with van der Waals surface area (Å²) >= 11 is 0. The van der Waals surface area contributed by atoms with Gasteiger partial charge in [-0.3, -0.25) is 0 Å². The van der Waals surface area contributed by atoms with Crippen LogP contribution in [-0.4, -0.2) is 63.7 Å². The van der Waals surface area contributed by atoms with Crippen molar-refractivity contribution in [1.29, 1.82) is 0 Å². The number of aliphatic hydroxyl groups is 1. The number of nitrogens with zero attached hydrogens (tertiary/aromatic N) is 4. The molecule has 2 unspecified atom stereocenters. The van der Waals surface area contributed by atoms with Gasteiger partial charge in [0.15, 0.2) is 0 Å². The van der Waals surface area contributed by atoms with E-state index < -0.39 is 6.10 Å². The van der Waals surface area contributed by atoms with E-state index >= 15 is 0 Å². The van der Waals surface area contributed by atoms with Gasteiger partial charge in [-0.15, -0.1) is 0 Å². The molecular weight excluding hydrogens is 232 g/mol. The molecule has 6 heteroatoms. The highest BCUT2D eigenvalue weighted by molar-refractivity contribution is 4.92. The minimum absolute atomic E-state index is 0.138. The Morgan fingerprint density at radius 2 is 2.33 bits per heavy atom. The maximum Gasteiger partial charge on any atom is 0.138 e. The molecule has 0 amide bonds. The number of aromatic nitrogens is 3. The van der Waals surface area contributed by atoms with Gasteiger partial charge in [0.05, 0.1) is 18.8 Å². The summed E-state index contributed by atoms with van der Waals surface area (Å²) < 4.78 is 7.45. The van der Waals surface area contributed by atoms with Crippen molar-refractivity contribution in [1.82, 2.24) is 19.7 Å². The van der Waals surface area contributed by atoms with Crippen molar-refractivity contribution in [3.05, 3.63) is 12.2 Å². The molecular formula is C12H22N4O2. The largest absolute Gasteiger partial charge is 0.390 e. The summed E-state index contributed by atoms with van der Waals surface area (Å²) in [6.07, 6.45) is 1.35. The smallest absolute Gasteiger partial charge is 0.138 e. The summed E-state index contributed by atoms with van der Waals surface area (Å²) in [5, 5.41) is 14.4. The van der Waals surface area contributed by atoms with Crippen LogP contribution < -0.4 is 0 Å². The van der Waals surface area contributed by atoms with E-state index in [2.05, 4.69) is 28.8 Å². The summed E-state index contributed by atoms with van der Waals surface area (Å²) in [7, 11) is 2.04. The number of morpholine rings is 1. The first-order valence-electron chi connectivity index (χ1n) is 6.44. The second-order valence-corrected chi connectivity index (χ2v) is 5.16. The predicted octanol–water partition coefficient (Wildman–Crippen LogP) is 0.0930. The average molecular weight is 254 g/mol. The van der Waals surface area contributed by atoms with E-state index in [1.54, 1.807) is 0 Å². The van der Waals surface area contributed by atoms with Crippen LogP contribution in [0.25, 0.3) is 0 Å². The lowest BCUT2D eigenvalue weighted by molar-refractivity contribution is -0.0830. The quantitative estimate of drug-likeness (QED) is 0.825. The van der Waals surface area contributed by atoms with Crippen molar-refractivity contribution < 1.29 is 9.84 Å². The lowest BCUT2D eigenvalue weighted by Gasteiger charge is -2.32. The number of ether oxygens (including phenoxy) is 1. The summed E-state index contributed by atoms with van der Waals surface area (Å²) in [5.41, 5.74) is 0. The van der Waals surface area contributed by atoms with Gasteiger partial charge >= 0.3 is 0 Å². The van der Waals surface area contributed by atoms with Crippen LogP contribution in [0.5, 0.6) is 0 Å². The standard InChI is InChI=1S/C12H22N4O2/c1-9(2)16-12(13-8-14-16)6-10(17)11-7-15(3)4-5-18-11/h8-11,17H,4-7H2,1-3H3. The summed E-state index contributed by atoms with van der Waals surface area (Å²) in [6.45, 7) is 6.46. The van der Waals surface area contributed by atoms with Gasteiger partial charge in [0.2, 0.25) is 0 Å². The van der Waals surface area contributed by atoms with Gasteiger partial charge in [-0.1, -0.05) is 0 Å². The van der Waals surface area contributed by atoms with Crippen molar-refractivity contribution in [2.45, 2.75) is 38.5 Å². The normalized spacial score (nSPS) is 23.5. The van der Waals surface area contributed by atoms with Crippen LogP contribution in [0.4, 0.5) is 0 Å². The highest BCUT2D eigenvalue weighted by atomic mass is 16.5. The maximum atomic E-state index is 10.2. The van der Waals surface area contributed by atoms with Crippen molar-refractivity contribution in [3.8, 4) is 0 Å². The maximum absolute atomic E-state index is 10.2. The van der Waals surface area contributed by atoms with Crippen LogP contribution in [-0.2, 0) is 11.2 Å². The summed E-state index contributed by atoms with van der Waals surface area (Å²) in [4.78, 5) is 6.39. The van der Waals surface area contributed by atoms with Crippen LogP contribution in [0, 0.1) is 0 Å². The Kier molecular flexibility index (Phi) is 4.31. The van der Waals surface area contributed by atoms with Crippen molar-refractivity contribution >= 4 is 0 Å². The van der Waals surface area contributed by atoms with Crippen molar-refractivity contribution in [2.75, 3.05) is 26.7 Å². The van der Waals surface area contributed by atoms with E-state index in [4.69, 9.17) is 4.74 Å². The van der Waals surface area contributed by atoms with E-state index in [1.807, 2.05) is 11.7 Å². The zero-order valence-electron chi connectivity index (χ0n) is 11.3. The van der Waals surface area contributed by atoms with E-state index in [1.165, 1.54) is 6.33 Å². The van der Waals surface area contributed by atoms with Crippen LogP contribution >= 0.6 is 0 Å². The highest BCUT2D eigenvalue weighted by Gasteiger charge is 2.26. The predicted molar refractivity (Wildman–Crippen MR) is 67.4 cm³/mol. The van der Waals surface area contributed by atoms with Gasteiger partial charge in [0.1, 0.15) is 12.2 Å². The average Bonchev–Trinajstić information content (AvgIpc) is 2.77. The molecule has 1 saturated heterocycles. The fraction of sp³-hybridized carbons (Fsp3) is 0.833. The fourth-order valence-electron chi connectivity index (χ4n) is 2.21. The summed E-state index contributed by atoms with van der Waals surface area (Å²) in [6, 6.07) is 0.254. The van der Waals surface area contributed by atoms with Gasteiger partial charge in [-0.25, -0.2) is 9.67 Å². The topological polar surface area (TPSA) is 63.4 Å². The fourth-order valence-corrected chi connectivity index (χ4v) is 2.21. The Hall–Kier alpha value is -0.980. The van der Waals surface area contributed by atoms with Crippen molar-refractivity contribution in [2.24, 2.45) is 0 Å². The van der Waals surface area contributed by atoms with E-state index in [9.17, 15) is 5.11 Å². The minimum Gasteiger partial charge on any atom is -0.390 e. The Balaban J connectivity index is 1.97. The number of hydrogen-bond donors (Lipinski definition) is 1. The Labute approximate surface area is 108 Å². The van der Waals surface area contributed by atoms with Crippen LogP contribution in [0.3, 0.4) is 0 Å².